The molecule has 4 nitrogen and oxygen atoms in total. The molecular weight excluding hydrogens is 430 g/mol. The average Bonchev–Trinajstić information content (AvgIpc) is 3.45. The summed E-state index contributed by atoms with van der Waals surface area (Å²) in [4.78, 5) is 24.2. The molecule has 10 heteroatoms. The molecule has 0 bridgehead atoms. The van der Waals surface area contributed by atoms with E-state index in [1.54, 1.807) is 0 Å². The number of hydrogen-bond acceptors (Lipinski definition) is 2. The Morgan fingerprint density at radius 2 is 1.61 bits per heavy atom. The molecule has 0 spiro atoms. The van der Waals surface area contributed by atoms with Crippen LogP contribution in [0.15, 0.2) is 35.4 Å². The normalized spacial score (nSPS) is 24.8. The second kappa shape index (κ2) is 7.13. The Kier molecular flexibility index (Phi) is 5.27. The van der Waals surface area contributed by atoms with E-state index < -0.39 is 69.4 Å². The fourth-order valence-electron chi connectivity index (χ4n) is 4.45. The third-order valence-electron chi connectivity index (χ3n) is 6.14. The third-order valence-corrected chi connectivity index (χ3v) is 6.14. The van der Waals surface area contributed by atoms with Crippen LogP contribution < -0.4 is 0 Å². The molecule has 0 heterocycles. The summed E-state index contributed by atoms with van der Waals surface area (Å²) in [5.74, 6) is -4.56. The van der Waals surface area contributed by atoms with Crippen molar-refractivity contribution in [2.75, 3.05) is 0 Å². The van der Waals surface area contributed by atoms with Crippen molar-refractivity contribution < 1.29 is 46.1 Å². The van der Waals surface area contributed by atoms with Gasteiger partial charge < -0.3 is 10.2 Å². The topological polar surface area (TPSA) is 74.6 Å². The predicted molar refractivity (Wildman–Crippen MR) is 96.7 cm³/mol. The van der Waals surface area contributed by atoms with Crippen LogP contribution in [0.3, 0.4) is 0 Å². The Labute approximate surface area is 172 Å². The Hall–Kier alpha value is -2.78. The average molecular weight is 448 g/mol. The summed E-state index contributed by atoms with van der Waals surface area (Å²) in [7, 11) is 0. The first-order chi connectivity index (χ1) is 14.1. The smallest absolute Gasteiger partial charge is 0.417 e. The summed E-state index contributed by atoms with van der Waals surface area (Å²) in [5.41, 5.74) is -6.55. The largest absolute Gasteiger partial charge is 0.481 e. The van der Waals surface area contributed by atoms with Gasteiger partial charge in [-0.2, -0.15) is 26.3 Å². The lowest BCUT2D eigenvalue weighted by atomic mass is 9.62. The van der Waals surface area contributed by atoms with Gasteiger partial charge in [0.15, 0.2) is 0 Å². The minimum absolute atomic E-state index is 0.192. The van der Waals surface area contributed by atoms with Crippen molar-refractivity contribution in [1.82, 2.24) is 0 Å². The maximum absolute atomic E-state index is 13.7. The number of carboxylic acids is 2. The van der Waals surface area contributed by atoms with Gasteiger partial charge in [0.1, 0.15) is 0 Å². The van der Waals surface area contributed by atoms with Gasteiger partial charge in [0, 0.05) is 11.5 Å². The molecule has 0 aliphatic heterocycles. The molecule has 2 unspecified atom stereocenters. The molecule has 2 N–H and O–H groups in total. The Balaban J connectivity index is 2.41. The van der Waals surface area contributed by atoms with Gasteiger partial charge in [0.05, 0.1) is 16.5 Å². The highest BCUT2D eigenvalue weighted by Crippen LogP contribution is 2.58. The molecule has 1 aromatic rings. The number of carbonyl (C=O) groups is 2. The van der Waals surface area contributed by atoms with Gasteiger partial charge in [-0.25, -0.2) is 4.79 Å². The van der Waals surface area contributed by atoms with E-state index >= 15 is 0 Å². The van der Waals surface area contributed by atoms with E-state index in [4.69, 9.17) is 0 Å². The van der Waals surface area contributed by atoms with E-state index in [2.05, 4.69) is 0 Å². The Morgan fingerprint density at radius 3 is 2.03 bits per heavy atom. The van der Waals surface area contributed by atoms with Crippen molar-refractivity contribution in [1.29, 1.82) is 0 Å². The summed E-state index contributed by atoms with van der Waals surface area (Å²) in [6, 6.07) is 0.873. The molecule has 0 amide bonds. The first kappa shape index (κ1) is 22.9. The number of allylic oxidation sites excluding steroid dienone is 2. The number of halogens is 6. The van der Waals surface area contributed by atoms with Crippen LogP contribution >= 0.6 is 0 Å². The van der Waals surface area contributed by atoms with Crippen LogP contribution in [0.25, 0.3) is 5.57 Å². The molecule has 2 aliphatic rings. The van der Waals surface area contributed by atoms with Gasteiger partial charge in [0.25, 0.3) is 0 Å². The van der Waals surface area contributed by atoms with Crippen molar-refractivity contribution >= 4 is 17.5 Å². The highest BCUT2D eigenvalue weighted by molar-refractivity contribution is 6.00. The number of alkyl halides is 6. The van der Waals surface area contributed by atoms with Crippen LogP contribution in [0, 0.1) is 17.3 Å². The van der Waals surface area contributed by atoms with E-state index in [-0.39, 0.29) is 11.6 Å². The summed E-state index contributed by atoms with van der Waals surface area (Å²) < 4.78 is 80.7. The monoisotopic (exact) mass is 448 g/mol. The summed E-state index contributed by atoms with van der Waals surface area (Å²) in [6.45, 7) is 2.55. The van der Waals surface area contributed by atoms with Crippen LogP contribution in [0.2, 0.25) is 0 Å². The molecule has 1 fully saturated rings. The summed E-state index contributed by atoms with van der Waals surface area (Å²) in [6.07, 6.45) is -8.13. The lowest BCUT2D eigenvalue weighted by Crippen LogP contribution is -2.42. The SMILES string of the molecule is CC1=C(C(=O)O)C(C)C(C(=O)O)(C2CC2)C=C1c1cc(C(F)(F)F)ccc1C(F)(F)F. The minimum atomic E-state index is -5.04. The highest BCUT2D eigenvalue weighted by atomic mass is 19.4. The van der Waals surface area contributed by atoms with E-state index in [0.717, 1.165) is 6.08 Å². The first-order valence-corrected chi connectivity index (χ1v) is 9.31. The van der Waals surface area contributed by atoms with Crippen molar-refractivity contribution in [3.8, 4) is 0 Å². The van der Waals surface area contributed by atoms with Gasteiger partial charge in [0.2, 0.25) is 0 Å². The first-order valence-electron chi connectivity index (χ1n) is 9.31. The third kappa shape index (κ3) is 3.72. The fraction of sp³-hybridized carbons (Fsp3) is 0.429. The standard InChI is InChI=1S/C21H18F6O4/c1-9-14(13-7-12(20(22,23)24)5-6-15(13)21(25,26)27)8-19(18(30)31,11-3-4-11)10(2)16(9)17(28)29/h5-8,10-11H,3-4H2,1-2H3,(H,28,29)(H,30,31). The maximum atomic E-state index is 13.7. The maximum Gasteiger partial charge on any atom is 0.417 e. The lowest BCUT2D eigenvalue weighted by molar-refractivity contribution is -0.150. The lowest BCUT2D eigenvalue weighted by Gasteiger charge is -2.39. The fourth-order valence-corrected chi connectivity index (χ4v) is 4.45. The van der Waals surface area contributed by atoms with E-state index in [9.17, 15) is 46.1 Å². The molecule has 168 valence electrons. The molecular formula is C21H18F6O4. The Morgan fingerprint density at radius 1 is 1.03 bits per heavy atom. The highest BCUT2D eigenvalue weighted by Gasteiger charge is 2.57. The van der Waals surface area contributed by atoms with Crippen molar-refractivity contribution in [3.05, 3.63) is 52.1 Å². The molecule has 2 atom stereocenters. The van der Waals surface area contributed by atoms with Crippen LogP contribution in [-0.4, -0.2) is 22.2 Å². The summed E-state index contributed by atoms with van der Waals surface area (Å²) in [5, 5.41) is 19.7. The predicted octanol–water partition coefficient (Wildman–Crippen LogP) is 5.64. The molecule has 0 aromatic heterocycles. The number of benzene rings is 1. The van der Waals surface area contributed by atoms with E-state index in [0.29, 0.717) is 25.0 Å². The number of aliphatic carboxylic acids is 2. The molecule has 1 aromatic carbocycles. The van der Waals surface area contributed by atoms with Crippen molar-refractivity contribution in [2.24, 2.45) is 17.3 Å². The van der Waals surface area contributed by atoms with Crippen LogP contribution in [0.4, 0.5) is 26.3 Å². The molecule has 3 rings (SSSR count). The molecule has 31 heavy (non-hydrogen) atoms. The second-order valence-corrected chi connectivity index (χ2v) is 7.89. The van der Waals surface area contributed by atoms with Gasteiger partial charge in [-0.05, 0) is 60.6 Å². The molecule has 0 radical (unpaired) electrons. The van der Waals surface area contributed by atoms with E-state index in [1.165, 1.54) is 13.8 Å². The van der Waals surface area contributed by atoms with Gasteiger partial charge in [-0.1, -0.05) is 13.0 Å². The number of carboxylic acid groups (broad SMARTS) is 2. The van der Waals surface area contributed by atoms with Crippen molar-refractivity contribution in [3.63, 3.8) is 0 Å². The van der Waals surface area contributed by atoms with Gasteiger partial charge >= 0.3 is 24.3 Å². The van der Waals surface area contributed by atoms with Gasteiger partial charge in [-0.15, -0.1) is 0 Å². The van der Waals surface area contributed by atoms with Crippen molar-refractivity contribution in [2.45, 2.75) is 39.0 Å². The second-order valence-electron chi connectivity index (χ2n) is 7.89. The van der Waals surface area contributed by atoms with E-state index in [1.807, 2.05) is 0 Å². The van der Waals surface area contributed by atoms with Gasteiger partial charge in [-0.3, -0.25) is 4.79 Å². The minimum Gasteiger partial charge on any atom is -0.481 e. The Bertz CT molecular complexity index is 1010. The quantitative estimate of drug-likeness (QED) is 0.585. The molecule has 0 saturated heterocycles. The number of hydrogen-bond donors (Lipinski definition) is 2. The summed E-state index contributed by atoms with van der Waals surface area (Å²) >= 11 is 0. The van der Waals surface area contributed by atoms with Crippen LogP contribution in [0.5, 0.6) is 0 Å². The molecule has 1 saturated carbocycles. The zero-order valence-corrected chi connectivity index (χ0v) is 16.4. The zero-order valence-electron chi connectivity index (χ0n) is 16.4. The molecule has 2 aliphatic carbocycles. The number of rotatable bonds is 4. The zero-order chi connectivity index (χ0) is 23.5. The van der Waals surface area contributed by atoms with Crippen LogP contribution in [0.1, 0.15) is 43.4 Å². The van der Waals surface area contributed by atoms with Crippen LogP contribution in [-0.2, 0) is 21.9 Å².